The normalized spacial score (nSPS) is 24.4. The lowest BCUT2D eigenvalue weighted by atomic mass is 9.76. The van der Waals surface area contributed by atoms with Crippen LogP contribution < -0.4 is 23.7 Å². The number of hydrogen-bond acceptors (Lipinski definition) is 6. The van der Waals surface area contributed by atoms with Crippen molar-refractivity contribution in [3.8, 4) is 28.7 Å². The van der Waals surface area contributed by atoms with Crippen LogP contribution >= 0.6 is 0 Å². The van der Waals surface area contributed by atoms with Gasteiger partial charge in [0, 0.05) is 5.92 Å². The van der Waals surface area contributed by atoms with Crippen LogP contribution in [0.4, 0.5) is 0 Å². The summed E-state index contributed by atoms with van der Waals surface area (Å²) in [5, 5.41) is 0. The van der Waals surface area contributed by atoms with E-state index in [4.69, 9.17) is 28.4 Å². The quantitative estimate of drug-likeness (QED) is 0.751. The van der Waals surface area contributed by atoms with Gasteiger partial charge < -0.3 is 28.4 Å². The van der Waals surface area contributed by atoms with Crippen molar-refractivity contribution in [1.29, 1.82) is 0 Å². The van der Waals surface area contributed by atoms with Crippen LogP contribution in [-0.2, 0) is 4.74 Å². The van der Waals surface area contributed by atoms with Gasteiger partial charge in [-0.3, -0.25) is 0 Å². The zero-order chi connectivity index (χ0) is 20.0. The standard InChI is InChI=1S/C23H26O6/c1-24-20-8-13(9-21(25-2)23(20)26-3)22-16-11-19-18(27-12-28-19)10-15(16)14-6-4-5-7-17(14)29-22/h8-11,14,17,22H,4-7,12H2,1-3H3/t14-,17+,22-/m1/s1. The first-order valence-corrected chi connectivity index (χ1v) is 10.1. The summed E-state index contributed by atoms with van der Waals surface area (Å²) in [5.74, 6) is 3.83. The fourth-order valence-corrected chi connectivity index (χ4v) is 4.90. The second-order valence-electron chi connectivity index (χ2n) is 7.74. The molecule has 3 aliphatic rings. The van der Waals surface area contributed by atoms with Crippen molar-refractivity contribution in [1.82, 2.24) is 0 Å². The summed E-state index contributed by atoms with van der Waals surface area (Å²) in [7, 11) is 4.87. The van der Waals surface area contributed by atoms with E-state index in [0.29, 0.717) is 23.2 Å². The molecule has 154 valence electrons. The summed E-state index contributed by atoms with van der Waals surface area (Å²) in [5.41, 5.74) is 3.42. The predicted molar refractivity (Wildman–Crippen MR) is 107 cm³/mol. The Hall–Kier alpha value is -2.60. The molecule has 5 rings (SSSR count). The van der Waals surface area contributed by atoms with Gasteiger partial charge >= 0.3 is 0 Å². The number of benzene rings is 2. The third kappa shape index (κ3) is 2.97. The van der Waals surface area contributed by atoms with Gasteiger partial charge in [-0.25, -0.2) is 0 Å². The molecular weight excluding hydrogens is 372 g/mol. The average molecular weight is 398 g/mol. The largest absolute Gasteiger partial charge is 0.493 e. The molecule has 0 bridgehead atoms. The average Bonchev–Trinajstić information content (AvgIpc) is 3.23. The molecule has 6 heteroatoms. The van der Waals surface area contributed by atoms with Gasteiger partial charge in [-0.05, 0) is 53.8 Å². The number of rotatable bonds is 4. The first kappa shape index (κ1) is 18.4. The fourth-order valence-electron chi connectivity index (χ4n) is 4.90. The van der Waals surface area contributed by atoms with E-state index in [2.05, 4.69) is 12.1 Å². The molecule has 0 spiro atoms. The molecule has 2 aliphatic heterocycles. The minimum atomic E-state index is -0.229. The van der Waals surface area contributed by atoms with Crippen LogP contribution in [0.3, 0.4) is 0 Å². The Morgan fingerprint density at radius 3 is 2.10 bits per heavy atom. The van der Waals surface area contributed by atoms with Crippen molar-refractivity contribution in [3.05, 3.63) is 41.0 Å². The van der Waals surface area contributed by atoms with E-state index in [1.165, 1.54) is 18.4 Å². The third-order valence-electron chi connectivity index (χ3n) is 6.26. The minimum absolute atomic E-state index is 0.195. The van der Waals surface area contributed by atoms with E-state index in [-0.39, 0.29) is 19.0 Å². The zero-order valence-electron chi connectivity index (χ0n) is 17.0. The van der Waals surface area contributed by atoms with Gasteiger partial charge in [-0.2, -0.15) is 0 Å². The number of methoxy groups -OCH3 is 3. The Morgan fingerprint density at radius 1 is 0.793 bits per heavy atom. The van der Waals surface area contributed by atoms with Crippen molar-refractivity contribution < 1.29 is 28.4 Å². The molecule has 29 heavy (non-hydrogen) atoms. The number of hydrogen-bond donors (Lipinski definition) is 0. The van der Waals surface area contributed by atoms with E-state index in [1.807, 2.05) is 12.1 Å². The molecule has 0 N–H and O–H groups in total. The lowest BCUT2D eigenvalue weighted by molar-refractivity contribution is -0.0391. The van der Waals surface area contributed by atoms with Crippen molar-refractivity contribution in [2.75, 3.05) is 28.1 Å². The maximum Gasteiger partial charge on any atom is 0.231 e. The first-order chi connectivity index (χ1) is 14.2. The third-order valence-corrected chi connectivity index (χ3v) is 6.26. The van der Waals surface area contributed by atoms with Crippen molar-refractivity contribution in [2.45, 2.75) is 43.8 Å². The highest BCUT2D eigenvalue weighted by molar-refractivity contribution is 5.58. The van der Waals surface area contributed by atoms with Crippen LogP contribution in [0, 0.1) is 0 Å². The number of ether oxygens (including phenoxy) is 6. The van der Waals surface area contributed by atoms with E-state index < -0.39 is 0 Å². The molecule has 1 saturated carbocycles. The van der Waals surface area contributed by atoms with Crippen LogP contribution in [-0.4, -0.2) is 34.2 Å². The Bertz CT molecular complexity index is 899. The predicted octanol–water partition coefficient (Wildman–Crippen LogP) is 4.59. The van der Waals surface area contributed by atoms with Crippen molar-refractivity contribution in [2.24, 2.45) is 0 Å². The molecule has 2 aromatic rings. The van der Waals surface area contributed by atoms with E-state index in [9.17, 15) is 0 Å². The second-order valence-corrected chi connectivity index (χ2v) is 7.74. The Labute approximate surface area is 170 Å². The summed E-state index contributed by atoms with van der Waals surface area (Å²) >= 11 is 0. The van der Waals surface area contributed by atoms with Gasteiger partial charge in [0.1, 0.15) is 6.10 Å². The first-order valence-electron chi connectivity index (χ1n) is 10.1. The van der Waals surface area contributed by atoms with Crippen LogP contribution in [0.15, 0.2) is 24.3 Å². The summed E-state index contributed by atoms with van der Waals surface area (Å²) < 4.78 is 34.7. The SMILES string of the molecule is COc1cc([C@H]2O[C@H]3CCCC[C@@H]3c3cc4c(cc32)OCO4)cc(OC)c1OC. The Balaban J connectivity index is 1.66. The van der Waals surface area contributed by atoms with Crippen LogP contribution in [0.25, 0.3) is 0 Å². The molecule has 1 fully saturated rings. The molecule has 0 unspecified atom stereocenters. The van der Waals surface area contributed by atoms with Gasteiger partial charge in [0.05, 0.1) is 27.4 Å². The van der Waals surface area contributed by atoms with Crippen molar-refractivity contribution >= 4 is 0 Å². The fraction of sp³-hybridized carbons (Fsp3) is 0.478. The lowest BCUT2D eigenvalue weighted by Gasteiger charge is -2.41. The van der Waals surface area contributed by atoms with Gasteiger partial charge in [0.2, 0.25) is 12.5 Å². The molecule has 3 atom stereocenters. The van der Waals surface area contributed by atoms with Gasteiger partial charge in [-0.15, -0.1) is 0 Å². The molecule has 0 aromatic heterocycles. The summed E-state index contributed by atoms with van der Waals surface area (Å²) in [6.45, 7) is 0.266. The van der Waals surface area contributed by atoms with E-state index >= 15 is 0 Å². The molecule has 0 saturated heterocycles. The molecule has 6 nitrogen and oxygen atoms in total. The van der Waals surface area contributed by atoms with Crippen LogP contribution in [0.2, 0.25) is 0 Å². The molecule has 1 aliphatic carbocycles. The highest BCUT2D eigenvalue weighted by Gasteiger charge is 2.39. The summed E-state index contributed by atoms with van der Waals surface area (Å²) in [6.07, 6.45) is 4.60. The maximum atomic E-state index is 6.69. The smallest absolute Gasteiger partial charge is 0.231 e. The highest BCUT2D eigenvalue weighted by Crippen LogP contribution is 2.52. The Morgan fingerprint density at radius 2 is 1.45 bits per heavy atom. The topological polar surface area (TPSA) is 55.4 Å². The summed E-state index contributed by atoms with van der Waals surface area (Å²) in [4.78, 5) is 0. The highest BCUT2D eigenvalue weighted by atomic mass is 16.7. The number of fused-ring (bicyclic) bond motifs is 4. The molecule has 2 heterocycles. The van der Waals surface area contributed by atoms with Gasteiger partial charge in [-0.1, -0.05) is 12.8 Å². The molecule has 0 amide bonds. The van der Waals surface area contributed by atoms with Crippen LogP contribution in [0.1, 0.15) is 54.4 Å². The zero-order valence-corrected chi connectivity index (χ0v) is 17.0. The molecule has 2 aromatic carbocycles. The van der Waals surface area contributed by atoms with E-state index in [1.54, 1.807) is 21.3 Å². The second kappa shape index (κ2) is 7.34. The Kier molecular flexibility index (Phi) is 4.66. The maximum absolute atomic E-state index is 6.69. The van der Waals surface area contributed by atoms with Gasteiger partial charge in [0.25, 0.3) is 0 Å². The molecule has 0 radical (unpaired) electrons. The molecular formula is C23H26O6. The van der Waals surface area contributed by atoms with Crippen LogP contribution in [0.5, 0.6) is 28.7 Å². The van der Waals surface area contributed by atoms with Gasteiger partial charge in [0.15, 0.2) is 23.0 Å². The minimum Gasteiger partial charge on any atom is -0.493 e. The summed E-state index contributed by atoms with van der Waals surface area (Å²) in [6, 6.07) is 8.19. The monoisotopic (exact) mass is 398 g/mol. The lowest BCUT2D eigenvalue weighted by Crippen LogP contribution is -2.33. The van der Waals surface area contributed by atoms with Crippen molar-refractivity contribution in [3.63, 3.8) is 0 Å². The van der Waals surface area contributed by atoms with E-state index in [0.717, 1.165) is 35.5 Å².